The van der Waals surface area contributed by atoms with Gasteiger partial charge in [0.05, 0.1) is 7.11 Å². The maximum atomic E-state index is 6.19. The summed E-state index contributed by atoms with van der Waals surface area (Å²) in [6, 6.07) is 3.93. The van der Waals surface area contributed by atoms with Crippen molar-refractivity contribution in [1.29, 1.82) is 0 Å². The fourth-order valence-corrected chi connectivity index (χ4v) is 2.12. The van der Waals surface area contributed by atoms with E-state index in [9.17, 15) is 0 Å². The van der Waals surface area contributed by atoms with Crippen molar-refractivity contribution in [1.82, 2.24) is 0 Å². The third-order valence-corrected chi connectivity index (χ3v) is 3.20. The Morgan fingerprint density at radius 1 is 1.35 bits per heavy atom. The molecule has 0 aliphatic heterocycles. The molecule has 0 fully saturated rings. The molecule has 0 aliphatic carbocycles. The van der Waals surface area contributed by atoms with Gasteiger partial charge in [0.1, 0.15) is 5.75 Å². The van der Waals surface area contributed by atoms with Crippen LogP contribution < -0.4 is 10.5 Å². The van der Waals surface area contributed by atoms with Crippen LogP contribution in [0.2, 0.25) is 5.02 Å². The average Bonchev–Trinajstić information content (AvgIpc) is 2.25. The zero-order valence-corrected chi connectivity index (χ0v) is 12.1. The minimum atomic E-state index is -0.000683. The topological polar surface area (TPSA) is 35.2 Å². The molecule has 3 heteroatoms. The normalized spacial score (nSPS) is 13.6. The van der Waals surface area contributed by atoms with E-state index in [0.717, 1.165) is 21.9 Å². The highest BCUT2D eigenvalue weighted by Gasteiger charge is 2.23. The van der Waals surface area contributed by atoms with E-state index in [4.69, 9.17) is 22.1 Å². The van der Waals surface area contributed by atoms with Crippen molar-refractivity contribution in [3.63, 3.8) is 0 Å². The van der Waals surface area contributed by atoms with Crippen LogP contribution in [0.4, 0.5) is 0 Å². The molecule has 0 aliphatic rings. The van der Waals surface area contributed by atoms with Gasteiger partial charge in [0, 0.05) is 10.6 Å². The Morgan fingerprint density at radius 2 is 1.94 bits per heavy atom. The van der Waals surface area contributed by atoms with Gasteiger partial charge in [0.2, 0.25) is 0 Å². The van der Waals surface area contributed by atoms with Crippen molar-refractivity contribution < 1.29 is 4.74 Å². The molecule has 17 heavy (non-hydrogen) atoms. The first-order chi connectivity index (χ1) is 7.81. The molecule has 0 spiro atoms. The first-order valence-corrected chi connectivity index (χ1v) is 6.27. The standard InChI is InChI=1S/C14H22ClNO/c1-9(8-16)11-6-10(15)7-12(13(11)17-5)14(2,3)4/h6-7,9H,8,16H2,1-5H3. The summed E-state index contributed by atoms with van der Waals surface area (Å²) in [6.45, 7) is 9.12. The van der Waals surface area contributed by atoms with Crippen LogP contribution in [0.3, 0.4) is 0 Å². The van der Waals surface area contributed by atoms with E-state index in [1.54, 1.807) is 7.11 Å². The summed E-state index contributed by atoms with van der Waals surface area (Å²) in [4.78, 5) is 0. The van der Waals surface area contributed by atoms with Crippen molar-refractivity contribution in [2.45, 2.75) is 39.0 Å². The molecule has 1 atom stereocenters. The smallest absolute Gasteiger partial charge is 0.126 e. The van der Waals surface area contributed by atoms with E-state index in [1.165, 1.54) is 0 Å². The van der Waals surface area contributed by atoms with Gasteiger partial charge in [-0.25, -0.2) is 0 Å². The second-order valence-electron chi connectivity index (χ2n) is 5.46. The molecule has 0 saturated heterocycles. The lowest BCUT2D eigenvalue weighted by Crippen LogP contribution is -2.16. The summed E-state index contributed by atoms with van der Waals surface area (Å²) in [7, 11) is 1.70. The lowest BCUT2D eigenvalue weighted by molar-refractivity contribution is 0.390. The maximum absolute atomic E-state index is 6.19. The van der Waals surface area contributed by atoms with Gasteiger partial charge in [-0.05, 0) is 35.6 Å². The highest BCUT2D eigenvalue weighted by molar-refractivity contribution is 6.30. The number of rotatable bonds is 3. The number of hydrogen-bond donors (Lipinski definition) is 1. The SMILES string of the molecule is COc1c(C(C)CN)cc(Cl)cc1C(C)(C)C. The number of halogens is 1. The molecule has 1 rings (SSSR count). The Labute approximate surface area is 109 Å². The fraction of sp³-hybridized carbons (Fsp3) is 0.571. The molecule has 1 aromatic carbocycles. The molecule has 0 saturated carbocycles. The molecular formula is C14H22ClNO. The highest BCUT2D eigenvalue weighted by atomic mass is 35.5. The van der Waals surface area contributed by atoms with E-state index < -0.39 is 0 Å². The molecule has 1 unspecified atom stereocenters. The van der Waals surface area contributed by atoms with Crippen LogP contribution >= 0.6 is 11.6 Å². The number of hydrogen-bond acceptors (Lipinski definition) is 2. The summed E-state index contributed by atoms with van der Waals surface area (Å²) < 4.78 is 5.57. The van der Waals surface area contributed by atoms with Crippen molar-refractivity contribution in [3.8, 4) is 5.75 Å². The van der Waals surface area contributed by atoms with E-state index in [2.05, 4.69) is 27.7 Å². The summed E-state index contributed by atoms with van der Waals surface area (Å²) in [5.41, 5.74) is 7.96. The summed E-state index contributed by atoms with van der Waals surface area (Å²) in [6.07, 6.45) is 0. The molecule has 0 radical (unpaired) electrons. The average molecular weight is 256 g/mol. The van der Waals surface area contributed by atoms with Gasteiger partial charge in [0.25, 0.3) is 0 Å². The lowest BCUT2D eigenvalue weighted by Gasteiger charge is -2.26. The third-order valence-electron chi connectivity index (χ3n) is 2.98. The molecule has 0 heterocycles. The first kappa shape index (κ1) is 14.3. The van der Waals surface area contributed by atoms with E-state index in [-0.39, 0.29) is 11.3 Å². The number of benzene rings is 1. The Hall–Kier alpha value is -0.730. The lowest BCUT2D eigenvalue weighted by atomic mass is 9.83. The van der Waals surface area contributed by atoms with Crippen molar-refractivity contribution in [3.05, 3.63) is 28.3 Å². The predicted octanol–water partition coefficient (Wildman–Crippen LogP) is 3.71. The van der Waals surface area contributed by atoms with Gasteiger partial charge in [0.15, 0.2) is 0 Å². The van der Waals surface area contributed by atoms with E-state index >= 15 is 0 Å². The minimum absolute atomic E-state index is 0.000683. The van der Waals surface area contributed by atoms with E-state index in [0.29, 0.717) is 6.54 Å². The molecule has 2 nitrogen and oxygen atoms in total. The monoisotopic (exact) mass is 255 g/mol. The molecule has 0 amide bonds. The van der Waals surface area contributed by atoms with Crippen LogP contribution in [-0.4, -0.2) is 13.7 Å². The van der Waals surface area contributed by atoms with Crippen LogP contribution in [0.1, 0.15) is 44.7 Å². The summed E-state index contributed by atoms with van der Waals surface area (Å²) in [5.74, 6) is 1.16. The van der Waals surface area contributed by atoms with Gasteiger partial charge < -0.3 is 10.5 Å². The molecule has 0 bridgehead atoms. The third kappa shape index (κ3) is 3.14. The van der Waals surface area contributed by atoms with Gasteiger partial charge >= 0.3 is 0 Å². The minimum Gasteiger partial charge on any atom is -0.496 e. The molecule has 1 aromatic rings. The second-order valence-corrected chi connectivity index (χ2v) is 5.90. The number of ether oxygens (including phenoxy) is 1. The Bertz CT molecular complexity index is 396. The second kappa shape index (κ2) is 5.28. The Kier molecular flexibility index (Phi) is 4.45. The van der Waals surface area contributed by atoms with E-state index in [1.807, 2.05) is 12.1 Å². The number of nitrogens with two attached hydrogens (primary N) is 1. The van der Waals surface area contributed by atoms with Crippen LogP contribution in [0, 0.1) is 0 Å². The first-order valence-electron chi connectivity index (χ1n) is 5.89. The van der Waals surface area contributed by atoms with Gasteiger partial charge in [-0.1, -0.05) is 39.3 Å². The molecular weight excluding hydrogens is 234 g/mol. The van der Waals surface area contributed by atoms with Crippen molar-refractivity contribution >= 4 is 11.6 Å². The quantitative estimate of drug-likeness (QED) is 0.894. The zero-order chi connectivity index (χ0) is 13.2. The van der Waals surface area contributed by atoms with Gasteiger partial charge in [-0.15, -0.1) is 0 Å². The van der Waals surface area contributed by atoms with Crippen molar-refractivity contribution in [2.75, 3.05) is 13.7 Å². The number of methoxy groups -OCH3 is 1. The maximum Gasteiger partial charge on any atom is 0.126 e. The summed E-state index contributed by atoms with van der Waals surface area (Å²) in [5, 5.41) is 0.742. The highest BCUT2D eigenvalue weighted by Crippen LogP contribution is 2.39. The van der Waals surface area contributed by atoms with Crippen LogP contribution in [0.15, 0.2) is 12.1 Å². The fourth-order valence-electron chi connectivity index (χ4n) is 1.89. The molecule has 0 aromatic heterocycles. The molecule has 96 valence electrons. The predicted molar refractivity (Wildman–Crippen MR) is 74.2 cm³/mol. The Morgan fingerprint density at radius 3 is 2.35 bits per heavy atom. The van der Waals surface area contributed by atoms with Crippen LogP contribution in [-0.2, 0) is 5.41 Å². The summed E-state index contributed by atoms with van der Waals surface area (Å²) >= 11 is 6.19. The largest absolute Gasteiger partial charge is 0.496 e. The van der Waals surface area contributed by atoms with Gasteiger partial charge in [-0.2, -0.15) is 0 Å². The Balaban J connectivity index is 3.46. The molecule has 2 N–H and O–H groups in total. The van der Waals surface area contributed by atoms with Gasteiger partial charge in [-0.3, -0.25) is 0 Å². The van der Waals surface area contributed by atoms with Crippen LogP contribution in [0.25, 0.3) is 0 Å². The van der Waals surface area contributed by atoms with Crippen molar-refractivity contribution in [2.24, 2.45) is 5.73 Å². The zero-order valence-electron chi connectivity index (χ0n) is 11.3. The van der Waals surface area contributed by atoms with Crippen LogP contribution in [0.5, 0.6) is 5.75 Å².